The molecule has 1 aromatic carbocycles. The largest absolute Gasteiger partial charge is 0.490 e. The Morgan fingerprint density at radius 2 is 1.77 bits per heavy atom. The molecule has 0 bridgehead atoms. The van der Waals surface area contributed by atoms with Crippen molar-refractivity contribution in [3.8, 4) is 5.75 Å². The predicted molar refractivity (Wildman–Crippen MR) is 115 cm³/mol. The minimum atomic E-state index is -3.21. The molecular weight excluding hydrogens is 404 g/mol. The molecule has 2 aromatic rings. The summed E-state index contributed by atoms with van der Waals surface area (Å²) in [5.74, 6) is 0.669. The lowest BCUT2D eigenvalue weighted by atomic mass is 10.1. The van der Waals surface area contributed by atoms with Crippen molar-refractivity contribution in [1.29, 1.82) is 0 Å². The summed E-state index contributed by atoms with van der Waals surface area (Å²) in [7, 11) is -1.48. The van der Waals surface area contributed by atoms with Gasteiger partial charge in [-0.05, 0) is 37.1 Å². The average molecular weight is 433 g/mol. The number of carbonyl (C=O) groups is 1. The number of rotatable bonds is 6. The van der Waals surface area contributed by atoms with E-state index in [0.717, 1.165) is 24.1 Å². The normalized spacial score (nSPS) is 15.2. The summed E-state index contributed by atoms with van der Waals surface area (Å²) < 4.78 is 30.6. The zero-order chi connectivity index (χ0) is 21.9. The number of amides is 1. The molecule has 30 heavy (non-hydrogen) atoms. The number of nitrogens with zero attached hydrogens (tertiary/aromatic N) is 2. The highest BCUT2D eigenvalue weighted by Crippen LogP contribution is 2.20. The number of aromatic nitrogens is 1. The van der Waals surface area contributed by atoms with E-state index in [2.05, 4.69) is 0 Å². The molecule has 1 fully saturated rings. The number of hydrogen-bond acceptors (Lipinski definition) is 5. The molecular formula is C22H28N2O5S. The number of sulfone groups is 1. The minimum Gasteiger partial charge on any atom is -0.490 e. The van der Waals surface area contributed by atoms with Gasteiger partial charge >= 0.3 is 0 Å². The van der Waals surface area contributed by atoms with Crippen LogP contribution in [0.4, 0.5) is 0 Å². The maximum absolute atomic E-state index is 12.5. The maximum atomic E-state index is 12.5. The molecule has 1 saturated heterocycles. The number of piperidine rings is 1. The first kappa shape index (κ1) is 22.1. The highest BCUT2D eigenvalue weighted by atomic mass is 32.2. The number of carbonyl (C=O) groups excluding carboxylic acids is 1. The quantitative estimate of drug-likeness (QED) is 0.698. The molecule has 0 spiro atoms. The molecule has 2 heterocycles. The number of hydrogen-bond donors (Lipinski definition) is 0. The fourth-order valence-corrected chi connectivity index (χ4v) is 4.16. The van der Waals surface area contributed by atoms with Crippen LogP contribution >= 0.6 is 0 Å². The van der Waals surface area contributed by atoms with Crippen LogP contribution in [0.3, 0.4) is 0 Å². The predicted octanol–water partition coefficient (Wildman–Crippen LogP) is 2.10. The number of ether oxygens (including phenoxy) is 1. The van der Waals surface area contributed by atoms with Gasteiger partial charge in [-0.15, -0.1) is 0 Å². The molecule has 1 amide bonds. The molecule has 0 N–H and O–H groups in total. The highest BCUT2D eigenvalue weighted by molar-refractivity contribution is 7.90. The fourth-order valence-electron chi connectivity index (χ4n) is 3.53. The Bertz CT molecular complexity index is 1070. The smallest absolute Gasteiger partial charge is 0.254 e. The van der Waals surface area contributed by atoms with E-state index in [4.69, 9.17) is 4.74 Å². The Morgan fingerprint density at radius 3 is 2.33 bits per heavy atom. The molecule has 8 heteroatoms. The molecule has 0 saturated carbocycles. The van der Waals surface area contributed by atoms with Gasteiger partial charge in [0, 0.05) is 57.4 Å². The summed E-state index contributed by atoms with van der Waals surface area (Å²) in [6, 6.07) is 10.0. The Balaban J connectivity index is 1.48. The van der Waals surface area contributed by atoms with Gasteiger partial charge in [0.15, 0.2) is 9.84 Å². The van der Waals surface area contributed by atoms with Crippen molar-refractivity contribution in [2.45, 2.75) is 43.6 Å². The van der Waals surface area contributed by atoms with E-state index in [9.17, 15) is 18.0 Å². The molecule has 1 aliphatic heterocycles. The Hall–Kier alpha value is -2.61. The van der Waals surface area contributed by atoms with Gasteiger partial charge < -0.3 is 14.2 Å². The second kappa shape index (κ2) is 9.04. The fraction of sp³-hybridized carbons (Fsp3) is 0.455. The monoisotopic (exact) mass is 432 g/mol. The van der Waals surface area contributed by atoms with Crippen LogP contribution in [0.25, 0.3) is 0 Å². The van der Waals surface area contributed by atoms with Gasteiger partial charge in [0.05, 0.1) is 4.90 Å². The van der Waals surface area contributed by atoms with Crippen LogP contribution in [0, 0.1) is 6.92 Å². The second-order valence-corrected chi connectivity index (χ2v) is 9.86. The van der Waals surface area contributed by atoms with Gasteiger partial charge in [-0.25, -0.2) is 8.42 Å². The minimum absolute atomic E-state index is 0.0101. The van der Waals surface area contributed by atoms with Gasteiger partial charge in [-0.2, -0.15) is 0 Å². The first-order valence-electron chi connectivity index (χ1n) is 10.0. The van der Waals surface area contributed by atoms with Crippen LogP contribution < -0.4 is 10.3 Å². The van der Waals surface area contributed by atoms with Crippen LogP contribution in [0.5, 0.6) is 5.75 Å². The summed E-state index contributed by atoms with van der Waals surface area (Å²) in [6.07, 6.45) is 3.58. The molecule has 3 rings (SSSR count). The standard InChI is InChI=1S/C22H28N2O5S/c1-16-14-19(15-22(26)23(16)2)29-18-10-12-24(13-11-18)21(25)9-6-17-4-7-20(8-5-17)30(3,27)28/h4-5,7-8,14-15,18H,6,9-13H2,1-3H3. The Kier molecular flexibility index (Phi) is 6.65. The van der Waals surface area contributed by atoms with Crippen LogP contribution in [0.2, 0.25) is 0 Å². The second-order valence-electron chi connectivity index (χ2n) is 7.84. The summed E-state index contributed by atoms with van der Waals surface area (Å²) >= 11 is 0. The van der Waals surface area contributed by atoms with E-state index in [1.54, 1.807) is 35.9 Å². The SMILES string of the molecule is Cc1cc(OC2CCN(C(=O)CCc3ccc(S(C)(=O)=O)cc3)CC2)cc(=O)n1C. The Morgan fingerprint density at radius 1 is 1.13 bits per heavy atom. The van der Waals surface area contributed by atoms with E-state index in [1.807, 2.05) is 17.9 Å². The summed E-state index contributed by atoms with van der Waals surface area (Å²) in [6.45, 7) is 3.12. The average Bonchev–Trinajstić information content (AvgIpc) is 2.70. The van der Waals surface area contributed by atoms with Gasteiger partial charge in [0.25, 0.3) is 5.56 Å². The highest BCUT2D eigenvalue weighted by Gasteiger charge is 2.24. The van der Waals surface area contributed by atoms with Crippen molar-refractivity contribution in [2.75, 3.05) is 19.3 Å². The molecule has 0 unspecified atom stereocenters. The van der Waals surface area contributed by atoms with E-state index in [-0.39, 0.29) is 22.5 Å². The lowest BCUT2D eigenvalue weighted by molar-refractivity contribution is -0.132. The van der Waals surface area contributed by atoms with Crippen molar-refractivity contribution < 1.29 is 17.9 Å². The van der Waals surface area contributed by atoms with Crippen molar-refractivity contribution in [2.24, 2.45) is 7.05 Å². The lowest BCUT2D eigenvalue weighted by Crippen LogP contribution is -2.42. The van der Waals surface area contributed by atoms with E-state index in [1.165, 1.54) is 12.3 Å². The van der Waals surface area contributed by atoms with Gasteiger partial charge in [0.2, 0.25) is 5.91 Å². The molecule has 162 valence electrons. The zero-order valence-corrected chi connectivity index (χ0v) is 18.4. The van der Waals surface area contributed by atoms with Crippen LogP contribution in [-0.2, 0) is 28.1 Å². The van der Waals surface area contributed by atoms with Crippen molar-refractivity contribution in [3.63, 3.8) is 0 Å². The number of aryl methyl sites for hydroxylation is 2. The van der Waals surface area contributed by atoms with Gasteiger partial charge in [-0.3, -0.25) is 9.59 Å². The van der Waals surface area contributed by atoms with Crippen LogP contribution in [0.1, 0.15) is 30.5 Å². The molecule has 1 aromatic heterocycles. The van der Waals surface area contributed by atoms with E-state index in [0.29, 0.717) is 31.7 Å². The topological polar surface area (TPSA) is 85.7 Å². The van der Waals surface area contributed by atoms with Crippen LogP contribution in [0.15, 0.2) is 46.1 Å². The lowest BCUT2D eigenvalue weighted by Gasteiger charge is -2.32. The van der Waals surface area contributed by atoms with Crippen molar-refractivity contribution >= 4 is 15.7 Å². The molecule has 0 aliphatic carbocycles. The summed E-state index contributed by atoms with van der Waals surface area (Å²) in [5, 5.41) is 0. The van der Waals surface area contributed by atoms with Crippen molar-refractivity contribution in [3.05, 3.63) is 58.0 Å². The third-order valence-electron chi connectivity index (χ3n) is 5.55. The van der Waals surface area contributed by atoms with Crippen LogP contribution in [-0.4, -0.2) is 49.2 Å². The summed E-state index contributed by atoms with van der Waals surface area (Å²) in [5.41, 5.74) is 1.69. The number of pyridine rings is 1. The molecule has 7 nitrogen and oxygen atoms in total. The molecule has 1 aliphatic rings. The Labute approximate surface area is 177 Å². The maximum Gasteiger partial charge on any atom is 0.254 e. The van der Waals surface area contributed by atoms with Crippen molar-refractivity contribution in [1.82, 2.24) is 9.47 Å². The third-order valence-corrected chi connectivity index (χ3v) is 6.68. The number of likely N-dealkylation sites (tertiary alicyclic amines) is 1. The number of benzene rings is 1. The van der Waals surface area contributed by atoms with Gasteiger partial charge in [0.1, 0.15) is 11.9 Å². The third kappa shape index (κ3) is 5.50. The molecule has 0 radical (unpaired) electrons. The molecule has 0 atom stereocenters. The van der Waals surface area contributed by atoms with Gasteiger partial charge in [-0.1, -0.05) is 12.1 Å². The first-order valence-corrected chi connectivity index (χ1v) is 11.9. The van der Waals surface area contributed by atoms with E-state index < -0.39 is 9.84 Å². The summed E-state index contributed by atoms with van der Waals surface area (Å²) in [4.78, 5) is 26.6. The first-order chi connectivity index (χ1) is 14.1. The zero-order valence-electron chi connectivity index (χ0n) is 17.6. The van der Waals surface area contributed by atoms with E-state index >= 15 is 0 Å².